The summed E-state index contributed by atoms with van der Waals surface area (Å²) in [5.41, 5.74) is 0.278. The molecule has 1 aromatic carbocycles. The van der Waals surface area contributed by atoms with Gasteiger partial charge in [0.25, 0.3) is 5.91 Å². The van der Waals surface area contributed by atoms with Crippen molar-refractivity contribution in [2.45, 2.75) is 18.9 Å². The Morgan fingerprint density at radius 3 is 2.79 bits per heavy atom. The number of likely N-dealkylation sites (tertiary alicyclic amines) is 1. The van der Waals surface area contributed by atoms with Gasteiger partial charge in [0, 0.05) is 37.9 Å². The first-order valence-electron chi connectivity index (χ1n) is 9.19. The molecule has 1 saturated heterocycles. The molecule has 1 N–H and O–H groups in total. The molecule has 1 amide bonds. The van der Waals surface area contributed by atoms with Crippen molar-refractivity contribution >= 4 is 22.8 Å². The second-order valence-corrected chi connectivity index (χ2v) is 7.00. The minimum absolute atomic E-state index is 0.0166. The number of aromatic nitrogens is 3. The van der Waals surface area contributed by atoms with Gasteiger partial charge in [-0.15, -0.1) is 0 Å². The molecule has 1 aliphatic rings. The summed E-state index contributed by atoms with van der Waals surface area (Å²) in [6.07, 6.45) is 4.73. The van der Waals surface area contributed by atoms with Gasteiger partial charge >= 0.3 is 0 Å². The van der Waals surface area contributed by atoms with Gasteiger partial charge in [-0.3, -0.25) is 4.79 Å². The summed E-state index contributed by atoms with van der Waals surface area (Å²) in [6.45, 7) is 0.937. The molecule has 0 radical (unpaired) electrons. The van der Waals surface area contributed by atoms with Crippen molar-refractivity contribution < 1.29 is 13.6 Å². The zero-order chi connectivity index (χ0) is 20.5. The molecule has 0 unspecified atom stereocenters. The average molecular weight is 396 g/mol. The lowest BCUT2D eigenvalue weighted by Crippen LogP contribution is -2.46. The number of hydrogen-bond donors (Lipinski definition) is 1. The molecule has 1 aliphatic heterocycles. The maximum absolute atomic E-state index is 13.7. The van der Waals surface area contributed by atoms with Gasteiger partial charge in [0.15, 0.2) is 11.6 Å². The first-order valence-corrected chi connectivity index (χ1v) is 9.19. The van der Waals surface area contributed by atoms with E-state index in [0.717, 1.165) is 29.0 Å². The van der Waals surface area contributed by atoms with E-state index >= 15 is 0 Å². The number of aromatic amines is 1. The van der Waals surface area contributed by atoms with E-state index in [0.29, 0.717) is 25.9 Å². The molecule has 0 saturated carbocycles. The van der Waals surface area contributed by atoms with Crippen LogP contribution in [-0.4, -0.2) is 51.9 Å². The Morgan fingerprint density at radius 1 is 1.31 bits per heavy atom. The van der Waals surface area contributed by atoms with Crippen molar-refractivity contribution in [3.8, 4) is 6.07 Å². The van der Waals surface area contributed by atoms with Crippen LogP contribution < -0.4 is 4.90 Å². The highest BCUT2D eigenvalue weighted by atomic mass is 19.2. The number of halogens is 2. The minimum atomic E-state index is -1.23. The topological polar surface area (TPSA) is 88.9 Å². The molecule has 7 nitrogen and oxygen atoms in total. The number of rotatable bonds is 3. The third kappa shape index (κ3) is 3.38. The molecule has 0 aliphatic carbocycles. The predicted octanol–water partition coefficient (Wildman–Crippen LogP) is 2.85. The number of carbonyl (C=O) groups excluding carboxylic acids is 1. The standard InChI is InChI=1S/C20H18F2N6O/c1-27(19-15-2-5-24-18(15)25-11-26-19)14-3-6-28(7-4-14)20(29)12-8-13(10-23)17(22)16(21)9-12/h2,5,8-9,11,14H,3-4,6-7H2,1H3,(H,24,25,26). The van der Waals surface area contributed by atoms with Gasteiger partial charge in [-0.1, -0.05) is 0 Å². The van der Waals surface area contributed by atoms with Crippen LogP contribution in [0.15, 0.2) is 30.7 Å². The highest BCUT2D eigenvalue weighted by molar-refractivity contribution is 5.94. The fourth-order valence-corrected chi connectivity index (χ4v) is 3.75. The molecule has 148 valence electrons. The van der Waals surface area contributed by atoms with Gasteiger partial charge in [-0.25, -0.2) is 18.7 Å². The predicted molar refractivity (Wildman–Crippen MR) is 102 cm³/mol. The summed E-state index contributed by atoms with van der Waals surface area (Å²) < 4.78 is 27.2. The number of hydrogen-bond acceptors (Lipinski definition) is 5. The molecule has 1 fully saturated rings. The van der Waals surface area contributed by atoms with Gasteiger partial charge in [0.05, 0.1) is 10.9 Å². The second-order valence-electron chi connectivity index (χ2n) is 7.00. The number of carbonyl (C=O) groups is 1. The van der Waals surface area contributed by atoms with Crippen LogP contribution in [0.25, 0.3) is 11.0 Å². The number of anilines is 1. The largest absolute Gasteiger partial charge is 0.356 e. The summed E-state index contributed by atoms with van der Waals surface area (Å²) in [7, 11) is 1.96. The summed E-state index contributed by atoms with van der Waals surface area (Å²) in [5, 5.41) is 9.85. The summed E-state index contributed by atoms with van der Waals surface area (Å²) in [6, 6.07) is 5.63. The number of nitrogens with zero attached hydrogens (tertiary/aromatic N) is 5. The summed E-state index contributed by atoms with van der Waals surface area (Å²) in [5.74, 6) is -2.01. The van der Waals surface area contributed by atoms with Crippen molar-refractivity contribution in [2.24, 2.45) is 0 Å². The van der Waals surface area contributed by atoms with Crippen LogP contribution in [0, 0.1) is 23.0 Å². The molecule has 0 spiro atoms. The maximum atomic E-state index is 13.7. The molecule has 3 heterocycles. The molecule has 0 atom stereocenters. The Bertz CT molecular complexity index is 1110. The number of piperidine rings is 1. The van der Waals surface area contributed by atoms with E-state index in [4.69, 9.17) is 5.26 Å². The van der Waals surface area contributed by atoms with Gasteiger partial charge in [0.2, 0.25) is 0 Å². The number of benzene rings is 1. The Labute approximate surface area is 165 Å². The molecule has 4 rings (SSSR count). The third-order valence-electron chi connectivity index (χ3n) is 5.36. The van der Waals surface area contributed by atoms with Gasteiger partial charge in [-0.05, 0) is 31.0 Å². The lowest BCUT2D eigenvalue weighted by molar-refractivity contribution is 0.0712. The van der Waals surface area contributed by atoms with Crippen LogP contribution in [0.3, 0.4) is 0 Å². The average Bonchev–Trinajstić information content (AvgIpc) is 3.23. The van der Waals surface area contributed by atoms with Crippen molar-refractivity contribution in [3.05, 3.63) is 53.5 Å². The molecule has 29 heavy (non-hydrogen) atoms. The number of nitrogens with one attached hydrogen (secondary N) is 1. The Kier molecular flexibility index (Phi) is 4.84. The Morgan fingerprint density at radius 2 is 2.07 bits per heavy atom. The van der Waals surface area contributed by atoms with E-state index in [1.807, 2.05) is 19.3 Å². The number of H-pyrrole nitrogens is 1. The molecule has 3 aromatic rings. The van der Waals surface area contributed by atoms with Crippen LogP contribution in [0.5, 0.6) is 0 Å². The molecular formula is C20H18F2N6O. The molecule has 2 aromatic heterocycles. The van der Waals surface area contributed by atoms with Crippen molar-refractivity contribution in [3.63, 3.8) is 0 Å². The summed E-state index contributed by atoms with van der Waals surface area (Å²) in [4.78, 5) is 28.1. The lowest BCUT2D eigenvalue weighted by atomic mass is 10.0. The van der Waals surface area contributed by atoms with E-state index < -0.39 is 23.1 Å². The minimum Gasteiger partial charge on any atom is -0.356 e. The normalized spacial score (nSPS) is 14.8. The molecule has 0 bridgehead atoms. The number of fused-ring (bicyclic) bond motifs is 1. The quantitative estimate of drug-likeness (QED) is 0.735. The van der Waals surface area contributed by atoms with Gasteiger partial charge in [0.1, 0.15) is 23.9 Å². The van der Waals surface area contributed by atoms with Crippen molar-refractivity contribution in [1.82, 2.24) is 19.9 Å². The van der Waals surface area contributed by atoms with Gasteiger partial charge < -0.3 is 14.8 Å². The van der Waals surface area contributed by atoms with E-state index in [1.54, 1.807) is 11.0 Å². The van der Waals surface area contributed by atoms with Crippen molar-refractivity contribution in [1.29, 1.82) is 5.26 Å². The third-order valence-corrected chi connectivity index (χ3v) is 5.36. The SMILES string of the molecule is CN(c1ncnc2[nH]ccc12)C1CCN(C(=O)c2cc(F)c(F)c(C#N)c2)CC1. The first-order chi connectivity index (χ1) is 14.0. The van der Waals surface area contributed by atoms with E-state index in [-0.39, 0.29) is 11.6 Å². The molecular weight excluding hydrogens is 378 g/mol. The smallest absolute Gasteiger partial charge is 0.254 e. The lowest BCUT2D eigenvalue weighted by Gasteiger charge is -2.37. The number of nitriles is 1. The van der Waals surface area contributed by atoms with E-state index in [2.05, 4.69) is 19.9 Å². The zero-order valence-corrected chi connectivity index (χ0v) is 15.7. The Hall–Kier alpha value is -3.54. The fourth-order valence-electron chi connectivity index (χ4n) is 3.75. The molecule has 9 heteroatoms. The maximum Gasteiger partial charge on any atom is 0.254 e. The highest BCUT2D eigenvalue weighted by Crippen LogP contribution is 2.27. The van der Waals surface area contributed by atoms with Crippen LogP contribution in [0.2, 0.25) is 0 Å². The van der Waals surface area contributed by atoms with Crippen molar-refractivity contribution in [2.75, 3.05) is 25.0 Å². The van der Waals surface area contributed by atoms with Crippen LogP contribution in [0.4, 0.5) is 14.6 Å². The van der Waals surface area contributed by atoms with Crippen LogP contribution >= 0.6 is 0 Å². The monoisotopic (exact) mass is 396 g/mol. The first kappa shape index (κ1) is 18.8. The van der Waals surface area contributed by atoms with Crippen LogP contribution in [-0.2, 0) is 0 Å². The van der Waals surface area contributed by atoms with E-state index in [1.165, 1.54) is 6.33 Å². The number of amides is 1. The summed E-state index contributed by atoms with van der Waals surface area (Å²) >= 11 is 0. The van der Waals surface area contributed by atoms with Crippen LogP contribution in [0.1, 0.15) is 28.8 Å². The Balaban J connectivity index is 1.47. The van der Waals surface area contributed by atoms with E-state index in [9.17, 15) is 13.6 Å². The zero-order valence-electron chi connectivity index (χ0n) is 15.7. The highest BCUT2D eigenvalue weighted by Gasteiger charge is 2.28. The van der Waals surface area contributed by atoms with Gasteiger partial charge in [-0.2, -0.15) is 5.26 Å². The fraction of sp³-hybridized carbons (Fsp3) is 0.300. The second kappa shape index (κ2) is 7.47.